The minimum absolute atomic E-state index is 1.01. The van der Waals surface area contributed by atoms with Crippen molar-refractivity contribution >= 4 is 34.2 Å². The van der Waals surface area contributed by atoms with Crippen molar-refractivity contribution in [1.29, 1.82) is 0 Å². The molecule has 1 fully saturated rings. The summed E-state index contributed by atoms with van der Waals surface area (Å²) in [6, 6.07) is 2.03. The van der Waals surface area contributed by atoms with E-state index in [4.69, 9.17) is 16.5 Å². The molecule has 0 N–H and O–H groups in total. The van der Waals surface area contributed by atoms with Crippen LogP contribution in [0.4, 0.5) is 0 Å². The van der Waals surface area contributed by atoms with Crippen molar-refractivity contribution in [2.24, 2.45) is 0 Å². The molecule has 1 aliphatic heterocycles. The van der Waals surface area contributed by atoms with Gasteiger partial charge in [-0.1, -0.05) is 26.7 Å². The van der Waals surface area contributed by atoms with E-state index in [0.29, 0.717) is 0 Å². The van der Waals surface area contributed by atoms with Crippen LogP contribution >= 0.6 is 0 Å². The van der Waals surface area contributed by atoms with Gasteiger partial charge < -0.3 is 16.5 Å². The molecule has 1 saturated heterocycles. The van der Waals surface area contributed by atoms with Gasteiger partial charge in [0.15, 0.2) is 0 Å². The van der Waals surface area contributed by atoms with E-state index in [-0.39, 0.29) is 0 Å². The summed E-state index contributed by atoms with van der Waals surface area (Å²) < 4.78 is 26.0. The van der Waals surface area contributed by atoms with E-state index < -0.39 is 34.2 Å². The standard InChI is InChI=1S/C12H32O4Si4/c1-9-11-19(7)13-17(3,4)15-20(8,12-10-2)16-18(5,6)14-19/h9-12H2,1-8H3. The Morgan fingerprint density at radius 2 is 0.800 bits per heavy atom. The van der Waals surface area contributed by atoms with E-state index in [1.165, 1.54) is 0 Å². The largest absolute Gasteiger partial charge is 0.416 e. The van der Waals surface area contributed by atoms with E-state index in [0.717, 1.165) is 24.9 Å². The molecule has 0 radical (unpaired) electrons. The third kappa shape index (κ3) is 5.48. The Morgan fingerprint density at radius 1 is 0.550 bits per heavy atom. The zero-order chi connectivity index (χ0) is 15.7. The van der Waals surface area contributed by atoms with Crippen LogP contribution in [0.3, 0.4) is 0 Å². The summed E-state index contributed by atoms with van der Waals surface area (Å²) in [7, 11) is -8.73. The SMILES string of the molecule is CCC[Si]1(C)O[Si](C)(C)O[Si](C)(CCC)O[Si](C)(C)O1. The highest BCUT2D eigenvalue weighted by Gasteiger charge is 2.53. The van der Waals surface area contributed by atoms with Gasteiger partial charge in [-0.3, -0.25) is 0 Å². The van der Waals surface area contributed by atoms with Gasteiger partial charge in [0.05, 0.1) is 0 Å². The predicted molar refractivity (Wildman–Crippen MR) is 92.7 cm³/mol. The lowest BCUT2D eigenvalue weighted by Crippen LogP contribution is -2.65. The normalized spacial score (nSPS) is 37.2. The molecule has 0 saturated carbocycles. The molecule has 0 aromatic carbocycles. The number of hydrogen-bond acceptors (Lipinski definition) is 4. The highest BCUT2D eigenvalue weighted by atomic mass is 28.5. The van der Waals surface area contributed by atoms with Gasteiger partial charge in [-0.15, -0.1) is 0 Å². The first-order valence-corrected chi connectivity index (χ1v) is 18.4. The van der Waals surface area contributed by atoms with E-state index in [2.05, 4.69) is 53.1 Å². The fourth-order valence-corrected chi connectivity index (χ4v) is 25.5. The molecular formula is C12H32O4Si4. The summed E-state index contributed by atoms with van der Waals surface area (Å²) in [5.74, 6) is 0. The maximum Gasteiger partial charge on any atom is 0.317 e. The lowest BCUT2D eigenvalue weighted by Gasteiger charge is -2.48. The summed E-state index contributed by atoms with van der Waals surface area (Å²) in [5, 5.41) is 0. The fraction of sp³-hybridized carbons (Fsp3) is 1.00. The Kier molecular flexibility index (Phi) is 6.05. The van der Waals surface area contributed by atoms with Crippen molar-refractivity contribution in [3.8, 4) is 0 Å². The third-order valence-corrected chi connectivity index (χ3v) is 20.8. The molecule has 0 bridgehead atoms. The molecule has 1 aliphatic rings. The molecule has 8 heteroatoms. The van der Waals surface area contributed by atoms with Crippen LogP contribution in [0.1, 0.15) is 26.7 Å². The molecule has 1 rings (SSSR count). The predicted octanol–water partition coefficient (Wildman–Crippen LogP) is 4.43. The molecule has 0 amide bonds. The fourth-order valence-electron chi connectivity index (χ4n) is 3.28. The molecule has 0 aromatic rings. The van der Waals surface area contributed by atoms with Gasteiger partial charge in [-0.05, 0) is 51.4 Å². The summed E-state index contributed by atoms with van der Waals surface area (Å²) in [6.07, 6.45) is 2.17. The first-order valence-electron chi connectivity index (χ1n) is 7.75. The van der Waals surface area contributed by atoms with Gasteiger partial charge in [0.2, 0.25) is 0 Å². The topological polar surface area (TPSA) is 36.9 Å². The molecular weight excluding hydrogens is 320 g/mol. The van der Waals surface area contributed by atoms with E-state index in [9.17, 15) is 0 Å². The smallest absolute Gasteiger partial charge is 0.317 e. The average molecular weight is 353 g/mol. The zero-order valence-electron chi connectivity index (χ0n) is 14.5. The Hall–Kier alpha value is 0.708. The monoisotopic (exact) mass is 352 g/mol. The first-order chi connectivity index (χ1) is 8.95. The minimum atomic E-state index is -2.19. The van der Waals surface area contributed by atoms with E-state index in [1.807, 2.05) is 0 Å². The first kappa shape index (κ1) is 18.8. The maximum atomic E-state index is 6.51. The average Bonchev–Trinajstić information content (AvgIpc) is 2.09. The van der Waals surface area contributed by atoms with Crippen LogP contribution < -0.4 is 0 Å². The molecule has 0 atom stereocenters. The zero-order valence-corrected chi connectivity index (χ0v) is 18.5. The van der Waals surface area contributed by atoms with Crippen molar-refractivity contribution < 1.29 is 16.5 Å². The van der Waals surface area contributed by atoms with Crippen LogP contribution in [-0.4, -0.2) is 34.2 Å². The van der Waals surface area contributed by atoms with Crippen LogP contribution in [0.25, 0.3) is 0 Å². The Morgan fingerprint density at radius 3 is 1.00 bits per heavy atom. The van der Waals surface area contributed by atoms with Crippen LogP contribution in [0, 0.1) is 0 Å². The van der Waals surface area contributed by atoms with Crippen molar-refractivity contribution in [3.63, 3.8) is 0 Å². The van der Waals surface area contributed by atoms with Crippen LogP contribution in [-0.2, 0) is 16.5 Å². The molecule has 0 spiro atoms. The second-order valence-corrected chi connectivity index (χ2v) is 21.4. The van der Waals surface area contributed by atoms with Crippen LogP contribution in [0.15, 0.2) is 0 Å². The van der Waals surface area contributed by atoms with E-state index in [1.54, 1.807) is 0 Å². The van der Waals surface area contributed by atoms with E-state index >= 15 is 0 Å². The summed E-state index contributed by atoms with van der Waals surface area (Å²) in [5.41, 5.74) is 0. The van der Waals surface area contributed by atoms with Crippen molar-refractivity contribution in [2.75, 3.05) is 0 Å². The van der Waals surface area contributed by atoms with Gasteiger partial charge in [-0.25, -0.2) is 0 Å². The van der Waals surface area contributed by atoms with Gasteiger partial charge in [-0.2, -0.15) is 0 Å². The Bertz CT molecular complexity index is 287. The maximum absolute atomic E-state index is 6.51. The van der Waals surface area contributed by atoms with Crippen LogP contribution in [0.5, 0.6) is 0 Å². The molecule has 120 valence electrons. The quantitative estimate of drug-likeness (QED) is 0.701. The molecule has 20 heavy (non-hydrogen) atoms. The molecule has 4 nitrogen and oxygen atoms in total. The van der Waals surface area contributed by atoms with Gasteiger partial charge >= 0.3 is 34.2 Å². The lowest BCUT2D eigenvalue weighted by molar-refractivity contribution is 0.230. The minimum Gasteiger partial charge on any atom is -0.416 e. The molecule has 1 heterocycles. The lowest BCUT2D eigenvalue weighted by atomic mass is 10.6. The molecule has 0 aromatic heterocycles. The second kappa shape index (κ2) is 6.45. The van der Waals surface area contributed by atoms with Crippen molar-refractivity contribution in [2.45, 2.75) is 78.1 Å². The summed E-state index contributed by atoms with van der Waals surface area (Å²) >= 11 is 0. The summed E-state index contributed by atoms with van der Waals surface area (Å²) in [4.78, 5) is 0. The van der Waals surface area contributed by atoms with Gasteiger partial charge in [0, 0.05) is 0 Å². The van der Waals surface area contributed by atoms with Crippen molar-refractivity contribution in [1.82, 2.24) is 0 Å². The highest BCUT2D eigenvalue weighted by molar-refractivity contribution is 6.93. The van der Waals surface area contributed by atoms with Crippen molar-refractivity contribution in [3.05, 3.63) is 0 Å². The van der Waals surface area contributed by atoms with Gasteiger partial charge in [0.25, 0.3) is 0 Å². The van der Waals surface area contributed by atoms with Gasteiger partial charge in [0.1, 0.15) is 0 Å². The summed E-state index contributed by atoms with van der Waals surface area (Å²) in [6.45, 7) is 17.3. The Labute approximate surface area is 129 Å². The highest BCUT2D eigenvalue weighted by Crippen LogP contribution is 2.34. The Balaban J connectivity index is 3.05. The molecule has 0 aliphatic carbocycles. The van der Waals surface area contributed by atoms with Crippen LogP contribution in [0.2, 0.25) is 51.4 Å². The second-order valence-electron chi connectivity index (χ2n) is 6.98. The molecule has 0 unspecified atom stereocenters. The number of rotatable bonds is 4. The number of hydrogen-bond donors (Lipinski definition) is 0. The third-order valence-electron chi connectivity index (χ3n) is 3.26.